The summed E-state index contributed by atoms with van der Waals surface area (Å²) in [7, 11) is 1.77. The molecule has 3 nitrogen and oxygen atoms in total. The molecule has 6 heteroatoms. The van der Waals surface area contributed by atoms with Gasteiger partial charge in [-0.15, -0.1) is 0 Å². The number of aryl methyl sites for hydroxylation is 2. The molecular formula is C14H12F3N3. The van der Waals surface area contributed by atoms with Crippen LogP contribution in [0.2, 0.25) is 0 Å². The fourth-order valence-electron chi connectivity index (χ4n) is 2.45. The largest absolute Gasteiger partial charge is 0.416 e. The van der Waals surface area contributed by atoms with Crippen molar-refractivity contribution in [1.82, 2.24) is 9.55 Å². The van der Waals surface area contributed by atoms with Gasteiger partial charge in [-0.1, -0.05) is 0 Å². The predicted molar refractivity (Wildman–Crippen MR) is 69.7 cm³/mol. The number of fused-ring (bicyclic) bond motifs is 1. The van der Waals surface area contributed by atoms with Crippen LogP contribution < -0.4 is 0 Å². The van der Waals surface area contributed by atoms with Crippen molar-refractivity contribution in [1.29, 1.82) is 0 Å². The molecule has 0 amide bonds. The Morgan fingerprint density at radius 2 is 2.00 bits per heavy atom. The minimum absolute atomic E-state index is 0.287. The van der Waals surface area contributed by atoms with E-state index in [0.717, 1.165) is 17.3 Å². The number of benzene rings is 1. The average Bonchev–Trinajstić information content (AvgIpc) is 2.92. The molecule has 0 fully saturated rings. The standard InChI is InChI=1S/C14H12F3N3/c1-8-7-20(2)13(19-8)11-4-10(14(15,16)17)3-9-5-18-6-12(9)11/h3-4,6-7H,5H2,1-2H3. The van der Waals surface area contributed by atoms with Crippen LogP contribution in [0.3, 0.4) is 0 Å². The van der Waals surface area contributed by atoms with Gasteiger partial charge < -0.3 is 4.57 Å². The van der Waals surface area contributed by atoms with Gasteiger partial charge in [-0.25, -0.2) is 4.98 Å². The van der Waals surface area contributed by atoms with E-state index in [1.165, 1.54) is 6.07 Å². The minimum Gasteiger partial charge on any atom is -0.334 e. The summed E-state index contributed by atoms with van der Waals surface area (Å²) in [6.45, 7) is 2.10. The molecule has 20 heavy (non-hydrogen) atoms. The third-order valence-corrected chi connectivity index (χ3v) is 3.31. The Bertz CT molecular complexity index is 711. The van der Waals surface area contributed by atoms with E-state index < -0.39 is 11.7 Å². The highest BCUT2D eigenvalue weighted by Crippen LogP contribution is 2.36. The Labute approximate surface area is 113 Å². The van der Waals surface area contributed by atoms with E-state index in [-0.39, 0.29) is 6.54 Å². The van der Waals surface area contributed by atoms with Gasteiger partial charge in [-0.3, -0.25) is 4.99 Å². The third kappa shape index (κ3) is 2.01. The number of hydrogen-bond acceptors (Lipinski definition) is 2. The van der Waals surface area contributed by atoms with Crippen molar-refractivity contribution in [3.8, 4) is 11.4 Å². The second kappa shape index (κ2) is 4.19. The van der Waals surface area contributed by atoms with Crippen molar-refractivity contribution in [2.24, 2.45) is 12.0 Å². The van der Waals surface area contributed by atoms with Crippen molar-refractivity contribution in [3.63, 3.8) is 0 Å². The maximum Gasteiger partial charge on any atom is 0.416 e. The second-order valence-corrected chi connectivity index (χ2v) is 4.88. The molecule has 0 spiro atoms. The number of rotatable bonds is 1. The summed E-state index contributed by atoms with van der Waals surface area (Å²) in [4.78, 5) is 8.38. The van der Waals surface area contributed by atoms with Gasteiger partial charge in [0, 0.05) is 30.6 Å². The van der Waals surface area contributed by atoms with E-state index in [2.05, 4.69) is 9.98 Å². The SMILES string of the molecule is Cc1cn(C)c(-c2cc(C(F)(F)F)cc3c2C=NC3)n1. The third-order valence-electron chi connectivity index (χ3n) is 3.31. The molecule has 1 aromatic carbocycles. The first kappa shape index (κ1) is 12.9. The van der Waals surface area contributed by atoms with Crippen LogP contribution in [0.15, 0.2) is 23.3 Å². The van der Waals surface area contributed by atoms with Crippen molar-refractivity contribution in [3.05, 3.63) is 40.7 Å². The normalized spacial score (nSPS) is 13.8. The summed E-state index contributed by atoms with van der Waals surface area (Å²) in [6.07, 6.45) is -0.963. The first-order valence-corrected chi connectivity index (χ1v) is 6.10. The zero-order valence-corrected chi connectivity index (χ0v) is 11.0. The zero-order chi connectivity index (χ0) is 14.5. The molecule has 0 saturated carbocycles. The van der Waals surface area contributed by atoms with Gasteiger partial charge in [0.1, 0.15) is 5.82 Å². The molecule has 1 aromatic heterocycles. The van der Waals surface area contributed by atoms with Gasteiger partial charge >= 0.3 is 6.18 Å². The summed E-state index contributed by atoms with van der Waals surface area (Å²) >= 11 is 0. The highest BCUT2D eigenvalue weighted by molar-refractivity contribution is 5.93. The number of imidazole rings is 1. The summed E-state index contributed by atoms with van der Waals surface area (Å²) in [6, 6.07) is 2.32. The lowest BCUT2D eigenvalue weighted by atomic mass is 9.98. The average molecular weight is 279 g/mol. The van der Waals surface area contributed by atoms with Gasteiger partial charge in [0.15, 0.2) is 0 Å². The van der Waals surface area contributed by atoms with E-state index in [9.17, 15) is 13.2 Å². The summed E-state index contributed by atoms with van der Waals surface area (Å²) in [5.74, 6) is 0.526. The number of hydrogen-bond donors (Lipinski definition) is 0. The number of aromatic nitrogens is 2. The first-order chi connectivity index (χ1) is 9.36. The van der Waals surface area contributed by atoms with Crippen molar-refractivity contribution >= 4 is 6.21 Å². The Morgan fingerprint density at radius 1 is 1.25 bits per heavy atom. The molecule has 1 aliphatic heterocycles. The first-order valence-electron chi connectivity index (χ1n) is 6.10. The van der Waals surface area contributed by atoms with E-state index >= 15 is 0 Å². The topological polar surface area (TPSA) is 30.2 Å². The van der Waals surface area contributed by atoms with Crippen LogP contribution in [-0.4, -0.2) is 15.8 Å². The molecule has 0 atom stereocenters. The summed E-state index contributed by atoms with van der Waals surface area (Å²) < 4.78 is 40.7. The predicted octanol–water partition coefficient (Wildman–Crippen LogP) is 3.35. The molecule has 0 radical (unpaired) electrons. The van der Waals surface area contributed by atoms with Crippen LogP contribution in [0.4, 0.5) is 13.2 Å². The highest BCUT2D eigenvalue weighted by Gasteiger charge is 2.33. The highest BCUT2D eigenvalue weighted by atomic mass is 19.4. The minimum atomic E-state index is -4.37. The molecule has 2 aromatic rings. The van der Waals surface area contributed by atoms with Crippen LogP contribution in [0.5, 0.6) is 0 Å². The smallest absolute Gasteiger partial charge is 0.334 e. The molecule has 104 valence electrons. The Kier molecular flexibility index (Phi) is 2.70. The second-order valence-electron chi connectivity index (χ2n) is 4.88. The number of alkyl halides is 3. The fourth-order valence-corrected chi connectivity index (χ4v) is 2.45. The van der Waals surface area contributed by atoms with Crippen LogP contribution in [0.1, 0.15) is 22.4 Å². The van der Waals surface area contributed by atoms with E-state index in [4.69, 9.17) is 0 Å². The Balaban J connectivity index is 2.26. The Morgan fingerprint density at radius 3 is 2.60 bits per heavy atom. The van der Waals surface area contributed by atoms with Crippen LogP contribution in [0, 0.1) is 6.92 Å². The molecule has 0 saturated heterocycles. The maximum absolute atomic E-state index is 13.0. The lowest BCUT2D eigenvalue weighted by Crippen LogP contribution is -2.08. The summed E-state index contributed by atoms with van der Waals surface area (Å²) in [5.41, 5.74) is 1.91. The van der Waals surface area contributed by atoms with Gasteiger partial charge in [-0.2, -0.15) is 13.2 Å². The van der Waals surface area contributed by atoms with Crippen molar-refractivity contribution in [2.75, 3.05) is 0 Å². The number of aliphatic imine (C=N–C) groups is 1. The molecule has 1 aliphatic rings. The van der Waals surface area contributed by atoms with Gasteiger partial charge in [0.05, 0.1) is 17.8 Å². The number of halogens is 3. The lowest BCUT2D eigenvalue weighted by molar-refractivity contribution is -0.137. The molecule has 3 rings (SSSR count). The van der Waals surface area contributed by atoms with Crippen LogP contribution in [-0.2, 0) is 19.8 Å². The molecule has 0 unspecified atom stereocenters. The monoisotopic (exact) mass is 279 g/mol. The number of nitrogens with zero attached hydrogens (tertiary/aromatic N) is 3. The van der Waals surface area contributed by atoms with Gasteiger partial charge in [-0.05, 0) is 24.6 Å². The Hall–Kier alpha value is -2.11. The van der Waals surface area contributed by atoms with E-state index in [1.807, 2.05) is 6.92 Å². The molecule has 0 bridgehead atoms. The lowest BCUT2D eigenvalue weighted by Gasteiger charge is -2.13. The van der Waals surface area contributed by atoms with Gasteiger partial charge in [0.25, 0.3) is 0 Å². The molecule has 0 aliphatic carbocycles. The molecular weight excluding hydrogens is 267 g/mol. The fraction of sp³-hybridized carbons (Fsp3) is 0.286. The van der Waals surface area contributed by atoms with E-state index in [1.54, 1.807) is 24.0 Å². The van der Waals surface area contributed by atoms with Crippen molar-refractivity contribution in [2.45, 2.75) is 19.6 Å². The van der Waals surface area contributed by atoms with Gasteiger partial charge in [0.2, 0.25) is 0 Å². The summed E-state index contributed by atoms with van der Waals surface area (Å²) in [5, 5.41) is 0. The maximum atomic E-state index is 13.0. The molecule has 2 heterocycles. The quantitative estimate of drug-likeness (QED) is 0.787. The van der Waals surface area contributed by atoms with Crippen LogP contribution >= 0.6 is 0 Å². The van der Waals surface area contributed by atoms with Crippen molar-refractivity contribution < 1.29 is 13.2 Å². The zero-order valence-electron chi connectivity index (χ0n) is 11.0. The van der Waals surface area contributed by atoms with E-state index in [0.29, 0.717) is 17.0 Å². The molecule has 0 N–H and O–H groups in total. The van der Waals surface area contributed by atoms with Crippen LogP contribution in [0.25, 0.3) is 11.4 Å².